The first-order chi connectivity index (χ1) is 16.2. The highest BCUT2D eigenvalue weighted by molar-refractivity contribution is 6.39. The van der Waals surface area contributed by atoms with E-state index < -0.39 is 81.7 Å². The third kappa shape index (κ3) is 6.88. The van der Waals surface area contributed by atoms with E-state index in [0.717, 1.165) is 0 Å². The predicted octanol–water partition coefficient (Wildman–Crippen LogP) is -1.04. The Morgan fingerprint density at radius 2 is 1.86 bits per heavy atom. The van der Waals surface area contributed by atoms with Crippen molar-refractivity contribution in [2.75, 3.05) is 6.54 Å². The molecule has 1 aliphatic heterocycles. The van der Waals surface area contributed by atoms with E-state index in [1.54, 1.807) is 0 Å². The van der Waals surface area contributed by atoms with Crippen LogP contribution in [0.25, 0.3) is 0 Å². The monoisotopic (exact) mass is 558 g/mol. The SMILES string of the molecule is CC(O)CC(Cl)C1(Cl)C(C(=O)NC(CC(=O)O)C(=O)NC2CCC(CN)NC2=O)C1C(Cl)C(=O)O. The van der Waals surface area contributed by atoms with Crippen LogP contribution in [-0.4, -0.2) is 91.4 Å². The Morgan fingerprint density at radius 1 is 1.23 bits per heavy atom. The number of carbonyl (C=O) groups is 5. The smallest absolute Gasteiger partial charge is 0.321 e. The fraction of sp³-hybridized carbons (Fsp3) is 0.750. The van der Waals surface area contributed by atoms with Crippen molar-refractivity contribution in [2.24, 2.45) is 17.6 Å². The molecule has 2 aliphatic rings. The molecule has 1 saturated carbocycles. The summed E-state index contributed by atoms with van der Waals surface area (Å²) in [6.45, 7) is 1.66. The molecule has 35 heavy (non-hydrogen) atoms. The first-order valence-corrected chi connectivity index (χ1v) is 12.2. The van der Waals surface area contributed by atoms with Gasteiger partial charge in [0, 0.05) is 18.5 Å². The van der Waals surface area contributed by atoms with Crippen molar-refractivity contribution in [1.82, 2.24) is 16.0 Å². The van der Waals surface area contributed by atoms with E-state index in [-0.39, 0.29) is 25.4 Å². The number of alkyl halides is 3. The van der Waals surface area contributed by atoms with Gasteiger partial charge >= 0.3 is 11.9 Å². The highest BCUT2D eigenvalue weighted by Gasteiger charge is 2.74. The maximum Gasteiger partial charge on any atom is 0.321 e. The summed E-state index contributed by atoms with van der Waals surface area (Å²) in [7, 11) is 0. The van der Waals surface area contributed by atoms with Gasteiger partial charge in [0.2, 0.25) is 17.7 Å². The molecule has 0 spiro atoms. The van der Waals surface area contributed by atoms with Gasteiger partial charge in [-0.05, 0) is 26.2 Å². The maximum atomic E-state index is 13.0. The van der Waals surface area contributed by atoms with Gasteiger partial charge in [0.1, 0.15) is 17.5 Å². The van der Waals surface area contributed by atoms with Crippen molar-refractivity contribution in [1.29, 1.82) is 0 Å². The maximum absolute atomic E-state index is 13.0. The Hall–Kier alpha value is -1.86. The van der Waals surface area contributed by atoms with Crippen LogP contribution in [0.1, 0.15) is 32.6 Å². The second kappa shape index (κ2) is 11.9. The van der Waals surface area contributed by atoms with Crippen molar-refractivity contribution >= 4 is 64.5 Å². The average molecular weight is 560 g/mol. The molecular weight excluding hydrogens is 531 g/mol. The third-order valence-corrected chi connectivity index (χ3v) is 8.04. The quantitative estimate of drug-likeness (QED) is 0.145. The summed E-state index contributed by atoms with van der Waals surface area (Å²) >= 11 is 18.8. The van der Waals surface area contributed by atoms with Gasteiger partial charge in [-0.2, -0.15) is 0 Å². The number of aliphatic hydroxyl groups is 1. The molecule has 1 saturated heterocycles. The molecule has 1 heterocycles. The van der Waals surface area contributed by atoms with Gasteiger partial charge in [-0.3, -0.25) is 24.0 Å². The highest BCUT2D eigenvalue weighted by atomic mass is 35.5. The minimum atomic E-state index is -1.65. The van der Waals surface area contributed by atoms with Gasteiger partial charge in [0.05, 0.1) is 28.7 Å². The molecule has 0 aromatic rings. The van der Waals surface area contributed by atoms with Gasteiger partial charge < -0.3 is 37.0 Å². The van der Waals surface area contributed by atoms with Crippen molar-refractivity contribution in [2.45, 2.75) is 72.5 Å². The zero-order valence-corrected chi connectivity index (χ0v) is 21.0. The molecular formula is C20H29Cl3N4O8. The van der Waals surface area contributed by atoms with E-state index in [1.165, 1.54) is 6.92 Å². The molecule has 0 aromatic carbocycles. The number of nitrogens with two attached hydrogens (primary N) is 1. The van der Waals surface area contributed by atoms with Gasteiger partial charge in [0.15, 0.2) is 0 Å². The molecule has 8 N–H and O–H groups in total. The summed E-state index contributed by atoms with van der Waals surface area (Å²) in [5.74, 6) is -7.63. The molecule has 2 rings (SSSR count). The zero-order chi connectivity index (χ0) is 26.7. The van der Waals surface area contributed by atoms with Crippen LogP contribution < -0.4 is 21.7 Å². The van der Waals surface area contributed by atoms with Crippen molar-refractivity contribution in [3.63, 3.8) is 0 Å². The Bertz CT molecular complexity index is 862. The van der Waals surface area contributed by atoms with E-state index in [4.69, 9.17) is 40.5 Å². The summed E-state index contributed by atoms with van der Waals surface area (Å²) in [4.78, 5) is 59.2. The number of hydrogen-bond donors (Lipinski definition) is 7. The topological polar surface area (TPSA) is 208 Å². The molecule has 9 atom stereocenters. The summed E-state index contributed by atoms with van der Waals surface area (Å²) in [6.07, 6.45) is -1.04. The van der Waals surface area contributed by atoms with E-state index in [2.05, 4.69) is 16.0 Å². The van der Waals surface area contributed by atoms with Crippen molar-refractivity contribution in [3.05, 3.63) is 0 Å². The summed E-state index contributed by atoms with van der Waals surface area (Å²) in [5.41, 5.74) is 5.53. The number of aliphatic carboxylic acids is 2. The number of halogens is 3. The normalized spacial score (nSPS) is 31.3. The lowest BCUT2D eigenvalue weighted by atomic mass is 9.99. The van der Waals surface area contributed by atoms with Crippen LogP contribution in [-0.2, 0) is 24.0 Å². The Labute approximate surface area is 216 Å². The van der Waals surface area contributed by atoms with Crippen LogP contribution in [0.5, 0.6) is 0 Å². The molecule has 0 radical (unpaired) electrons. The third-order valence-electron chi connectivity index (χ3n) is 6.18. The minimum Gasteiger partial charge on any atom is -0.481 e. The minimum absolute atomic E-state index is 0.0752. The molecule has 198 valence electrons. The molecule has 9 unspecified atom stereocenters. The van der Waals surface area contributed by atoms with Crippen LogP contribution in [0.4, 0.5) is 0 Å². The van der Waals surface area contributed by atoms with Crippen LogP contribution >= 0.6 is 34.8 Å². The van der Waals surface area contributed by atoms with E-state index in [0.29, 0.717) is 6.42 Å². The first-order valence-electron chi connectivity index (χ1n) is 10.9. The largest absolute Gasteiger partial charge is 0.481 e. The Balaban J connectivity index is 2.17. The van der Waals surface area contributed by atoms with Gasteiger partial charge in [0.25, 0.3) is 0 Å². The summed E-state index contributed by atoms with van der Waals surface area (Å²) in [5, 5.41) is 32.9. The fourth-order valence-electron chi connectivity index (χ4n) is 4.30. The summed E-state index contributed by atoms with van der Waals surface area (Å²) in [6, 6.07) is -2.78. The number of piperidine rings is 1. The van der Waals surface area contributed by atoms with Gasteiger partial charge in [-0.1, -0.05) is 0 Å². The van der Waals surface area contributed by atoms with Crippen LogP contribution in [0.2, 0.25) is 0 Å². The number of nitrogens with one attached hydrogen (secondary N) is 3. The van der Waals surface area contributed by atoms with Crippen LogP contribution in [0.15, 0.2) is 0 Å². The number of carboxylic acid groups (broad SMARTS) is 2. The summed E-state index contributed by atoms with van der Waals surface area (Å²) < 4.78 is 0. The number of hydrogen-bond acceptors (Lipinski definition) is 7. The lowest BCUT2D eigenvalue weighted by Gasteiger charge is -2.30. The number of carboxylic acids is 2. The number of amides is 3. The average Bonchev–Trinajstić information content (AvgIpc) is 3.40. The van der Waals surface area contributed by atoms with Gasteiger partial charge in [-0.25, -0.2) is 0 Å². The Kier molecular flexibility index (Phi) is 10.0. The molecule has 12 nitrogen and oxygen atoms in total. The molecule has 0 aromatic heterocycles. The number of carbonyl (C=O) groups excluding carboxylic acids is 3. The van der Waals surface area contributed by atoms with Crippen LogP contribution in [0.3, 0.4) is 0 Å². The second-order valence-electron chi connectivity index (χ2n) is 8.86. The zero-order valence-electron chi connectivity index (χ0n) is 18.7. The van der Waals surface area contributed by atoms with Crippen LogP contribution in [0, 0.1) is 11.8 Å². The molecule has 0 bridgehead atoms. The molecule has 3 amide bonds. The fourth-order valence-corrected chi connectivity index (χ4v) is 5.77. The standard InChI is InChI=1S/C20H29Cl3N4O8/c1-7(28)4-11(21)20(23)13(15(22)19(34)35)14(20)18(33)27-10(5-12(29)30)17(32)26-9-3-2-8(6-24)25-16(9)31/h7-11,13-15,28H,2-6,24H2,1H3,(H,25,31)(H,26,32)(H,27,33)(H,29,30)(H,34,35). The molecule has 15 heteroatoms. The second-order valence-corrected chi connectivity index (χ2v) is 10.5. The lowest BCUT2D eigenvalue weighted by Crippen LogP contribution is -2.59. The molecule has 2 fully saturated rings. The number of rotatable bonds is 12. The highest BCUT2D eigenvalue weighted by Crippen LogP contribution is 2.63. The van der Waals surface area contributed by atoms with Crippen molar-refractivity contribution in [3.8, 4) is 0 Å². The predicted molar refractivity (Wildman–Crippen MR) is 125 cm³/mol. The van der Waals surface area contributed by atoms with E-state index in [9.17, 15) is 39.3 Å². The van der Waals surface area contributed by atoms with Gasteiger partial charge in [-0.15, -0.1) is 34.8 Å². The Morgan fingerprint density at radius 3 is 2.34 bits per heavy atom. The number of aliphatic hydroxyl groups excluding tert-OH is 1. The first kappa shape index (κ1) is 29.4. The van der Waals surface area contributed by atoms with E-state index in [1.807, 2.05) is 0 Å². The lowest BCUT2D eigenvalue weighted by molar-refractivity contribution is -0.141. The van der Waals surface area contributed by atoms with E-state index >= 15 is 0 Å². The molecule has 1 aliphatic carbocycles. The van der Waals surface area contributed by atoms with Crippen molar-refractivity contribution < 1.29 is 39.3 Å².